The van der Waals surface area contributed by atoms with Crippen LogP contribution in [0.1, 0.15) is 68.2 Å². The molecule has 2 aromatic heterocycles. The number of hydrogen-bond donors (Lipinski definition) is 1. The van der Waals surface area contributed by atoms with Crippen molar-refractivity contribution in [2.75, 3.05) is 6.54 Å². The first kappa shape index (κ1) is 23.8. The Morgan fingerprint density at radius 3 is 2.44 bits per heavy atom. The number of pyridine rings is 1. The van der Waals surface area contributed by atoms with Gasteiger partial charge in [-0.15, -0.1) is 5.10 Å². The zero-order chi connectivity index (χ0) is 24.5. The summed E-state index contributed by atoms with van der Waals surface area (Å²) in [6.07, 6.45) is 0.856. The molecule has 7 heteroatoms. The first-order valence-electron chi connectivity index (χ1n) is 12.0. The molecule has 4 aromatic rings. The summed E-state index contributed by atoms with van der Waals surface area (Å²) < 4.78 is 1.89. The molecule has 0 aliphatic heterocycles. The molecule has 0 aliphatic carbocycles. The van der Waals surface area contributed by atoms with Crippen molar-refractivity contribution in [1.82, 2.24) is 30.1 Å². The molecular weight excluding hydrogens is 424 g/mol. The molecule has 0 fully saturated rings. The molecule has 0 aliphatic rings. The second kappa shape index (κ2) is 9.50. The Hall–Kier alpha value is -3.32. The van der Waals surface area contributed by atoms with Crippen LogP contribution in [-0.4, -0.2) is 36.6 Å². The summed E-state index contributed by atoms with van der Waals surface area (Å²) in [5.41, 5.74) is 4.48. The first-order chi connectivity index (χ1) is 16.3. The van der Waals surface area contributed by atoms with Crippen molar-refractivity contribution in [3.63, 3.8) is 0 Å². The van der Waals surface area contributed by atoms with Gasteiger partial charge in [-0.05, 0) is 73.8 Å². The molecule has 0 bridgehead atoms. The molecule has 0 spiro atoms. The monoisotopic (exact) mass is 458 g/mol. The topological polar surface area (TPSA) is 79.7 Å². The van der Waals surface area contributed by atoms with Crippen LogP contribution >= 0.6 is 0 Å². The van der Waals surface area contributed by atoms with E-state index in [9.17, 15) is 4.79 Å². The average molecular weight is 459 g/mol. The highest BCUT2D eigenvalue weighted by Crippen LogP contribution is 2.32. The minimum absolute atomic E-state index is 0.110. The maximum atomic E-state index is 13.6. The summed E-state index contributed by atoms with van der Waals surface area (Å²) in [6, 6.07) is 16.1. The standard InChI is InChI=1S/C27H34N6O/c1-7-27(5,6)33-25(29-30-31-33)24(32(8-2)17-20-12-10-9-11-13-20)22-16-21-18(3)14-15-19(4)23(21)28-26(22)34/h9-16,24H,7-8,17H2,1-6H3,(H,28,34)/t24-/m1/s1. The third-order valence-corrected chi connectivity index (χ3v) is 6.94. The van der Waals surface area contributed by atoms with E-state index in [-0.39, 0.29) is 11.1 Å². The maximum Gasteiger partial charge on any atom is 0.253 e. The van der Waals surface area contributed by atoms with Crippen LogP contribution in [0.5, 0.6) is 0 Å². The van der Waals surface area contributed by atoms with Crippen LogP contribution < -0.4 is 5.56 Å². The van der Waals surface area contributed by atoms with Gasteiger partial charge in [0.25, 0.3) is 5.56 Å². The third kappa shape index (κ3) is 4.40. The minimum Gasteiger partial charge on any atom is -0.321 e. The Bertz CT molecular complexity index is 1340. The number of rotatable bonds is 8. The molecule has 2 aromatic carbocycles. The Balaban J connectivity index is 1.96. The molecule has 0 saturated carbocycles. The van der Waals surface area contributed by atoms with Gasteiger partial charge < -0.3 is 4.98 Å². The van der Waals surface area contributed by atoms with E-state index in [1.807, 2.05) is 41.9 Å². The highest BCUT2D eigenvalue weighted by atomic mass is 16.1. The fraction of sp³-hybridized carbons (Fsp3) is 0.407. The highest BCUT2D eigenvalue weighted by Gasteiger charge is 2.34. The Labute approximate surface area is 200 Å². The predicted octanol–water partition coefficient (Wildman–Crippen LogP) is 4.89. The van der Waals surface area contributed by atoms with Crippen LogP contribution in [-0.2, 0) is 12.1 Å². The summed E-state index contributed by atoms with van der Waals surface area (Å²) >= 11 is 0. The molecule has 0 amide bonds. The van der Waals surface area contributed by atoms with E-state index in [1.165, 1.54) is 5.56 Å². The molecule has 0 radical (unpaired) electrons. The smallest absolute Gasteiger partial charge is 0.253 e. The molecular formula is C27H34N6O. The predicted molar refractivity (Wildman–Crippen MR) is 136 cm³/mol. The van der Waals surface area contributed by atoms with Gasteiger partial charge in [-0.3, -0.25) is 9.69 Å². The van der Waals surface area contributed by atoms with Gasteiger partial charge in [-0.25, -0.2) is 4.68 Å². The SMILES string of the molecule is CCN(Cc1ccccc1)[C@H](c1cc2c(C)ccc(C)c2[nH]c1=O)c1nnnn1C(C)(C)CC. The van der Waals surface area contributed by atoms with E-state index in [1.54, 1.807) is 0 Å². The quantitative estimate of drug-likeness (QED) is 0.407. The lowest BCUT2D eigenvalue weighted by Crippen LogP contribution is -2.38. The molecule has 0 unspecified atom stereocenters. The van der Waals surface area contributed by atoms with Crippen molar-refractivity contribution in [1.29, 1.82) is 0 Å². The van der Waals surface area contributed by atoms with Crippen LogP contribution in [0, 0.1) is 13.8 Å². The van der Waals surface area contributed by atoms with Gasteiger partial charge in [-0.2, -0.15) is 0 Å². The number of nitrogens with one attached hydrogen (secondary N) is 1. The van der Waals surface area contributed by atoms with Crippen molar-refractivity contribution in [2.45, 2.75) is 66.1 Å². The van der Waals surface area contributed by atoms with Crippen molar-refractivity contribution in [3.05, 3.63) is 87.0 Å². The number of tetrazole rings is 1. The van der Waals surface area contributed by atoms with E-state index in [2.05, 4.69) is 78.2 Å². The Morgan fingerprint density at radius 1 is 1.06 bits per heavy atom. The minimum atomic E-state index is -0.404. The van der Waals surface area contributed by atoms with E-state index < -0.39 is 6.04 Å². The van der Waals surface area contributed by atoms with Crippen molar-refractivity contribution in [3.8, 4) is 0 Å². The van der Waals surface area contributed by atoms with E-state index in [0.29, 0.717) is 17.9 Å². The second-order valence-corrected chi connectivity index (χ2v) is 9.61. The van der Waals surface area contributed by atoms with Gasteiger partial charge >= 0.3 is 0 Å². The molecule has 7 nitrogen and oxygen atoms in total. The number of aryl methyl sites for hydroxylation is 2. The summed E-state index contributed by atoms with van der Waals surface area (Å²) in [7, 11) is 0. The van der Waals surface area contributed by atoms with Gasteiger partial charge in [0.05, 0.1) is 11.1 Å². The molecule has 4 rings (SSSR count). The number of benzene rings is 2. The van der Waals surface area contributed by atoms with Gasteiger partial charge in [0.2, 0.25) is 0 Å². The van der Waals surface area contributed by atoms with Crippen LogP contribution in [0.2, 0.25) is 0 Å². The number of nitrogens with zero attached hydrogens (tertiary/aromatic N) is 5. The second-order valence-electron chi connectivity index (χ2n) is 9.61. The zero-order valence-corrected chi connectivity index (χ0v) is 21.0. The number of aromatic amines is 1. The Morgan fingerprint density at radius 2 is 1.76 bits per heavy atom. The summed E-state index contributed by atoms with van der Waals surface area (Å²) in [5.74, 6) is 0.680. The molecule has 1 atom stereocenters. The van der Waals surface area contributed by atoms with E-state index in [0.717, 1.165) is 35.0 Å². The molecule has 2 heterocycles. The lowest BCUT2D eigenvalue weighted by Gasteiger charge is -2.33. The highest BCUT2D eigenvalue weighted by molar-refractivity contribution is 5.85. The van der Waals surface area contributed by atoms with Crippen LogP contribution in [0.3, 0.4) is 0 Å². The lowest BCUT2D eigenvalue weighted by molar-refractivity contribution is 0.197. The normalized spacial score (nSPS) is 13.0. The zero-order valence-electron chi connectivity index (χ0n) is 21.0. The largest absolute Gasteiger partial charge is 0.321 e. The van der Waals surface area contributed by atoms with E-state index in [4.69, 9.17) is 0 Å². The van der Waals surface area contributed by atoms with E-state index >= 15 is 0 Å². The molecule has 178 valence electrons. The average Bonchev–Trinajstić information content (AvgIpc) is 3.33. The van der Waals surface area contributed by atoms with Crippen LogP contribution in [0.4, 0.5) is 0 Å². The molecule has 34 heavy (non-hydrogen) atoms. The lowest BCUT2D eigenvalue weighted by atomic mass is 9.97. The summed E-state index contributed by atoms with van der Waals surface area (Å²) in [6.45, 7) is 14.0. The molecule has 0 saturated heterocycles. The van der Waals surface area contributed by atoms with Gasteiger partial charge in [0.15, 0.2) is 5.82 Å². The fourth-order valence-electron chi connectivity index (χ4n) is 4.44. The number of hydrogen-bond acceptors (Lipinski definition) is 5. The van der Waals surface area contributed by atoms with Gasteiger partial charge in [0, 0.05) is 17.5 Å². The van der Waals surface area contributed by atoms with Gasteiger partial charge in [-0.1, -0.05) is 56.3 Å². The third-order valence-electron chi connectivity index (χ3n) is 6.94. The maximum absolute atomic E-state index is 13.6. The molecule has 1 N–H and O–H groups in total. The van der Waals surface area contributed by atoms with Crippen molar-refractivity contribution < 1.29 is 0 Å². The summed E-state index contributed by atoms with van der Waals surface area (Å²) in [4.78, 5) is 19.0. The van der Waals surface area contributed by atoms with Crippen molar-refractivity contribution >= 4 is 10.9 Å². The van der Waals surface area contributed by atoms with Crippen molar-refractivity contribution in [2.24, 2.45) is 0 Å². The van der Waals surface area contributed by atoms with Gasteiger partial charge in [0.1, 0.15) is 6.04 Å². The summed E-state index contributed by atoms with van der Waals surface area (Å²) in [5, 5.41) is 14.0. The first-order valence-corrected chi connectivity index (χ1v) is 12.0. The van der Waals surface area contributed by atoms with Crippen LogP contribution in [0.25, 0.3) is 10.9 Å². The number of fused-ring (bicyclic) bond motifs is 1. The number of H-pyrrole nitrogens is 1. The fourth-order valence-corrected chi connectivity index (χ4v) is 4.44. The number of aromatic nitrogens is 5. The van der Waals surface area contributed by atoms with Crippen LogP contribution in [0.15, 0.2) is 53.3 Å². The Kier molecular flexibility index (Phi) is 6.66.